The van der Waals surface area contributed by atoms with Gasteiger partial charge in [-0.05, 0) is 55.9 Å². The van der Waals surface area contributed by atoms with E-state index in [1.165, 1.54) is 0 Å². The van der Waals surface area contributed by atoms with Crippen LogP contribution < -0.4 is 5.32 Å². The lowest BCUT2D eigenvalue weighted by molar-refractivity contribution is 0.395. The molecular weight excluding hydrogens is 284 g/mol. The Kier molecular flexibility index (Phi) is 5.65. The van der Waals surface area contributed by atoms with E-state index in [9.17, 15) is 8.42 Å². The van der Waals surface area contributed by atoms with Crippen LogP contribution in [0.2, 0.25) is 0 Å². The van der Waals surface area contributed by atoms with E-state index in [0.29, 0.717) is 23.9 Å². The van der Waals surface area contributed by atoms with E-state index in [1.54, 1.807) is 16.4 Å². The van der Waals surface area contributed by atoms with Crippen molar-refractivity contribution in [1.29, 1.82) is 0 Å². The monoisotopic (exact) mass is 310 g/mol. The van der Waals surface area contributed by atoms with Crippen LogP contribution in [0.25, 0.3) is 0 Å². The SMILES string of the molecule is CCCNc1ccc(S(=O)(=O)N(CCC)CC2CC2)cc1. The van der Waals surface area contributed by atoms with Crippen LogP contribution in [0.4, 0.5) is 5.69 Å². The van der Waals surface area contributed by atoms with E-state index < -0.39 is 10.0 Å². The topological polar surface area (TPSA) is 49.4 Å². The zero-order chi connectivity index (χ0) is 15.3. The van der Waals surface area contributed by atoms with Crippen LogP contribution in [0.5, 0.6) is 0 Å². The van der Waals surface area contributed by atoms with Gasteiger partial charge in [0.15, 0.2) is 0 Å². The van der Waals surface area contributed by atoms with Gasteiger partial charge in [-0.3, -0.25) is 0 Å². The quantitative estimate of drug-likeness (QED) is 0.761. The van der Waals surface area contributed by atoms with Crippen LogP contribution in [-0.2, 0) is 10.0 Å². The van der Waals surface area contributed by atoms with Gasteiger partial charge in [-0.15, -0.1) is 0 Å². The highest BCUT2D eigenvalue weighted by Crippen LogP contribution is 2.31. The predicted molar refractivity (Wildman–Crippen MR) is 87.0 cm³/mol. The van der Waals surface area contributed by atoms with E-state index >= 15 is 0 Å². The van der Waals surface area contributed by atoms with Crippen LogP contribution in [0.1, 0.15) is 39.5 Å². The fourth-order valence-electron chi connectivity index (χ4n) is 2.31. The third-order valence-electron chi connectivity index (χ3n) is 3.70. The summed E-state index contributed by atoms with van der Waals surface area (Å²) in [6.07, 6.45) is 4.22. The van der Waals surface area contributed by atoms with Gasteiger partial charge in [0.05, 0.1) is 4.90 Å². The van der Waals surface area contributed by atoms with Crippen molar-refractivity contribution in [3.05, 3.63) is 24.3 Å². The molecule has 118 valence electrons. The summed E-state index contributed by atoms with van der Waals surface area (Å²) in [5.41, 5.74) is 0.972. The van der Waals surface area contributed by atoms with Gasteiger partial charge in [0.2, 0.25) is 10.0 Å². The summed E-state index contributed by atoms with van der Waals surface area (Å²) in [5, 5.41) is 3.26. The van der Waals surface area contributed by atoms with Crippen molar-refractivity contribution in [2.45, 2.75) is 44.4 Å². The molecule has 0 heterocycles. The molecule has 0 aromatic heterocycles. The summed E-state index contributed by atoms with van der Waals surface area (Å²) >= 11 is 0. The van der Waals surface area contributed by atoms with Gasteiger partial charge >= 0.3 is 0 Å². The first-order valence-electron chi connectivity index (χ1n) is 7.92. The molecule has 0 saturated heterocycles. The second-order valence-electron chi connectivity index (χ2n) is 5.76. The van der Waals surface area contributed by atoms with E-state index in [4.69, 9.17) is 0 Å². The van der Waals surface area contributed by atoms with Gasteiger partial charge in [0.25, 0.3) is 0 Å². The largest absolute Gasteiger partial charge is 0.385 e. The van der Waals surface area contributed by atoms with Gasteiger partial charge in [0.1, 0.15) is 0 Å². The number of rotatable bonds is 9. The van der Waals surface area contributed by atoms with Crippen molar-refractivity contribution < 1.29 is 8.42 Å². The maximum Gasteiger partial charge on any atom is 0.243 e. The van der Waals surface area contributed by atoms with Gasteiger partial charge < -0.3 is 5.32 Å². The minimum absolute atomic E-state index is 0.402. The molecule has 0 aliphatic heterocycles. The Morgan fingerprint density at radius 2 is 1.81 bits per heavy atom. The molecule has 0 radical (unpaired) electrons. The molecular formula is C16H26N2O2S. The summed E-state index contributed by atoms with van der Waals surface area (Å²) in [4.78, 5) is 0.402. The highest BCUT2D eigenvalue weighted by Gasteiger charge is 2.31. The maximum absolute atomic E-state index is 12.7. The average Bonchev–Trinajstić information content (AvgIpc) is 3.29. The molecule has 1 saturated carbocycles. The Bertz CT molecular complexity index is 536. The van der Waals surface area contributed by atoms with Crippen LogP contribution in [-0.4, -0.2) is 32.4 Å². The van der Waals surface area contributed by atoms with Crippen LogP contribution >= 0.6 is 0 Å². The van der Waals surface area contributed by atoms with E-state index in [2.05, 4.69) is 12.2 Å². The summed E-state index contributed by atoms with van der Waals surface area (Å²) in [6, 6.07) is 7.12. The summed E-state index contributed by atoms with van der Waals surface area (Å²) in [7, 11) is -3.35. The molecule has 4 nitrogen and oxygen atoms in total. The Morgan fingerprint density at radius 3 is 2.33 bits per heavy atom. The number of hydrogen-bond acceptors (Lipinski definition) is 3. The molecule has 2 rings (SSSR count). The Labute approximate surface area is 128 Å². The fraction of sp³-hybridized carbons (Fsp3) is 0.625. The van der Waals surface area contributed by atoms with Crippen molar-refractivity contribution in [3.63, 3.8) is 0 Å². The van der Waals surface area contributed by atoms with Crippen LogP contribution in [0, 0.1) is 5.92 Å². The number of nitrogens with zero attached hydrogens (tertiary/aromatic N) is 1. The Morgan fingerprint density at radius 1 is 1.14 bits per heavy atom. The van der Waals surface area contributed by atoms with Crippen LogP contribution in [0.3, 0.4) is 0 Å². The van der Waals surface area contributed by atoms with Crippen molar-refractivity contribution in [3.8, 4) is 0 Å². The lowest BCUT2D eigenvalue weighted by Crippen LogP contribution is -2.33. The second-order valence-corrected chi connectivity index (χ2v) is 7.70. The predicted octanol–water partition coefficient (Wildman–Crippen LogP) is 3.32. The molecule has 0 bridgehead atoms. The zero-order valence-electron chi connectivity index (χ0n) is 13.0. The molecule has 1 aromatic rings. The molecule has 0 spiro atoms. The number of hydrogen-bond donors (Lipinski definition) is 1. The van der Waals surface area contributed by atoms with Crippen molar-refractivity contribution in [2.75, 3.05) is 25.0 Å². The molecule has 1 N–H and O–H groups in total. The van der Waals surface area contributed by atoms with Gasteiger partial charge in [-0.2, -0.15) is 4.31 Å². The average molecular weight is 310 g/mol. The first-order valence-corrected chi connectivity index (χ1v) is 9.36. The smallest absolute Gasteiger partial charge is 0.243 e. The summed E-state index contributed by atoms with van der Waals surface area (Å²) in [6.45, 7) is 6.30. The van der Waals surface area contributed by atoms with Crippen molar-refractivity contribution in [1.82, 2.24) is 4.31 Å². The summed E-state index contributed by atoms with van der Waals surface area (Å²) in [5.74, 6) is 0.566. The third-order valence-corrected chi connectivity index (χ3v) is 5.58. The molecule has 1 aliphatic rings. The lowest BCUT2D eigenvalue weighted by Gasteiger charge is -2.21. The molecule has 0 amide bonds. The van der Waals surface area contributed by atoms with Crippen molar-refractivity contribution >= 4 is 15.7 Å². The van der Waals surface area contributed by atoms with Crippen LogP contribution in [0.15, 0.2) is 29.2 Å². The molecule has 1 aromatic carbocycles. The second kappa shape index (κ2) is 7.27. The van der Waals surface area contributed by atoms with Gasteiger partial charge in [-0.25, -0.2) is 8.42 Å². The number of anilines is 1. The first-order chi connectivity index (χ1) is 10.1. The molecule has 21 heavy (non-hydrogen) atoms. The number of nitrogens with one attached hydrogen (secondary N) is 1. The maximum atomic E-state index is 12.7. The molecule has 1 fully saturated rings. The van der Waals surface area contributed by atoms with Crippen molar-refractivity contribution in [2.24, 2.45) is 5.92 Å². The highest BCUT2D eigenvalue weighted by molar-refractivity contribution is 7.89. The molecule has 0 atom stereocenters. The standard InChI is InChI=1S/C16H26N2O2S/c1-3-11-17-15-7-9-16(10-8-15)21(19,20)18(12-4-2)13-14-5-6-14/h7-10,14,17H,3-6,11-13H2,1-2H3. The molecule has 5 heteroatoms. The minimum Gasteiger partial charge on any atom is -0.385 e. The van der Waals surface area contributed by atoms with E-state index in [0.717, 1.165) is 37.9 Å². The number of benzene rings is 1. The molecule has 1 aliphatic carbocycles. The van der Waals surface area contributed by atoms with Gasteiger partial charge in [0, 0.05) is 25.3 Å². The highest BCUT2D eigenvalue weighted by atomic mass is 32.2. The fourth-order valence-corrected chi connectivity index (χ4v) is 3.92. The van der Waals surface area contributed by atoms with E-state index in [-0.39, 0.29) is 0 Å². The molecule has 0 unspecified atom stereocenters. The normalized spacial score (nSPS) is 15.4. The van der Waals surface area contributed by atoms with Gasteiger partial charge in [-0.1, -0.05) is 13.8 Å². The first kappa shape index (κ1) is 16.3. The minimum atomic E-state index is -3.35. The Hall–Kier alpha value is -1.07. The lowest BCUT2D eigenvalue weighted by atomic mass is 10.3. The number of sulfonamides is 1. The zero-order valence-corrected chi connectivity index (χ0v) is 13.8. The summed E-state index contributed by atoms with van der Waals surface area (Å²) < 4.78 is 27.1. The third kappa shape index (κ3) is 4.45. The Balaban J connectivity index is 2.12. The van der Waals surface area contributed by atoms with E-state index in [1.807, 2.05) is 19.1 Å².